The summed E-state index contributed by atoms with van der Waals surface area (Å²) < 4.78 is 11.9. The number of ether oxygens (including phenoxy) is 1. The lowest BCUT2D eigenvalue weighted by Crippen LogP contribution is -2.23. The van der Waals surface area contributed by atoms with Crippen molar-refractivity contribution in [2.24, 2.45) is 7.05 Å². The second-order valence-corrected chi connectivity index (χ2v) is 5.72. The van der Waals surface area contributed by atoms with Gasteiger partial charge >= 0.3 is 5.97 Å². The molecule has 124 valence electrons. The van der Waals surface area contributed by atoms with Gasteiger partial charge in [0.05, 0.1) is 23.6 Å². The van der Waals surface area contributed by atoms with Gasteiger partial charge in [0.2, 0.25) is 5.43 Å². The van der Waals surface area contributed by atoms with Crippen LogP contribution in [0.3, 0.4) is 0 Å². The summed E-state index contributed by atoms with van der Waals surface area (Å²) in [6, 6.07) is 11.6. The van der Waals surface area contributed by atoms with Gasteiger partial charge in [-0.1, -0.05) is 12.1 Å². The van der Waals surface area contributed by atoms with Crippen molar-refractivity contribution in [2.45, 2.75) is 0 Å². The van der Waals surface area contributed by atoms with Crippen LogP contribution in [0, 0.1) is 0 Å². The third kappa shape index (κ3) is 2.07. The van der Waals surface area contributed by atoms with E-state index >= 15 is 0 Å². The number of aromatic nitrogens is 1. The van der Waals surface area contributed by atoms with Crippen molar-refractivity contribution in [2.75, 3.05) is 7.11 Å². The van der Waals surface area contributed by atoms with Gasteiger partial charge in [-0.15, -0.1) is 0 Å². The van der Waals surface area contributed by atoms with E-state index in [-0.39, 0.29) is 16.4 Å². The van der Waals surface area contributed by atoms with Crippen LogP contribution in [-0.4, -0.2) is 17.6 Å². The van der Waals surface area contributed by atoms with Crippen LogP contribution in [0.4, 0.5) is 0 Å². The van der Waals surface area contributed by atoms with Crippen LogP contribution < -0.4 is 11.0 Å². The first kappa shape index (κ1) is 15.1. The first-order valence-corrected chi connectivity index (χ1v) is 7.59. The summed E-state index contributed by atoms with van der Waals surface area (Å²) in [6.07, 6.45) is 0. The quantitative estimate of drug-likeness (QED) is 0.303. The van der Waals surface area contributed by atoms with Crippen molar-refractivity contribution in [1.29, 1.82) is 0 Å². The number of carbonyl (C=O) groups is 1. The smallest absolute Gasteiger partial charge is 0.337 e. The van der Waals surface area contributed by atoms with Crippen LogP contribution in [0.1, 0.15) is 10.4 Å². The van der Waals surface area contributed by atoms with Gasteiger partial charge in [0.1, 0.15) is 11.0 Å². The fourth-order valence-corrected chi connectivity index (χ4v) is 3.05. The Morgan fingerprint density at radius 2 is 1.84 bits per heavy atom. The van der Waals surface area contributed by atoms with E-state index in [0.29, 0.717) is 27.4 Å². The normalized spacial score (nSPS) is 11.3. The number of nitrogens with zero attached hydrogens (tertiary/aromatic N) is 1. The Morgan fingerprint density at radius 1 is 1.08 bits per heavy atom. The zero-order valence-electron chi connectivity index (χ0n) is 13.5. The Hall–Kier alpha value is -3.41. The third-order valence-corrected chi connectivity index (χ3v) is 4.34. The van der Waals surface area contributed by atoms with E-state index in [9.17, 15) is 14.4 Å². The summed E-state index contributed by atoms with van der Waals surface area (Å²) in [4.78, 5) is 37.3. The van der Waals surface area contributed by atoms with Crippen molar-refractivity contribution in [3.8, 4) is 0 Å². The molecule has 25 heavy (non-hydrogen) atoms. The van der Waals surface area contributed by atoms with Gasteiger partial charge in [0, 0.05) is 12.4 Å². The first-order chi connectivity index (χ1) is 12.0. The largest absolute Gasteiger partial charge is 0.465 e. The summed E-state index contributed by atoms with van der Waals surface area (Å²) in [5.74, 6) is -0.505. The zero-order valence-corrected chi connectivity index (χ0v) is 13.5. The summed E-state index contributed by atoms with van der Waals surface area (Å²) in [6.45, 7) is 0. The number of benzene rings is 2. The third-order valence-electron chi connectivity index (χ3n) is 4.34. The summed E-state index contributed by atoms with van der Waals surface area (Å²) in [5.41, 5.74) is 0.594. The van der Waals surface area contributed by atoms with Crippen molar-refractivity contribution in [3.63, 3.8) is 0 Å². The van der Waals surface area contributed by atoms with Gasteiger partial charge in [0.15, 0.2) is 5.58 Å². The highest BCUT2D eigenvalue weighted by Gasteiger charge is 2.17. The predicted octanol–water partition coefficient (Wildman–Crippen LogP) is 2.58. The summed E-state index contributed by atoms with van der Waals surface area (Å²) in [5, 5.41) is 0.935. The molecule has 0 saturated carbocycles. The number of hydrogen-bond donors (Lipinski definition) is 0. The minimum Gasteiger partial charge on any atom is -0.465 e. The van der Waals surface area contributed by atoms with Crippen molar-refractivity contribution in [1.82, 2.24) is 4.57 Å². The van der Waals surface area contributed by atoms with E-state index in [1.54, 1.807) is 49.5 Å². The van der Waals surface area contributed by atoms with Gasteiger partial charge in [-0.05, 0) is 30.3 Å². The fourth-order valence-electron chi connectivity index (χ4n) is 3.05. The van der Waals surface area contributed by atoms with E-state index in [0.717, 1.165) is 0 Å². The Bertz CT molecular complexity index is 1300. The van der Waals surface area contributed by atoms with E-state index in [4.69, 9.17) is 9.15 Å². The average molecular weight is 335 g/mol. The van der Waals surface area contributed by atoms with Crippen LogP contribution in [0.2, 0.25) is 0 Å². The molecule has 0 saturated heterocycles. The molecule has 2 aromatic heterocycles. The van der Waals surface area contributed by atoms with Crippen LogP contribution >= 0.6 is 0 Å². The molecular formula is C19H13NO5. The molecule has 4 rings (SSSR count). The Labute approximate surface area is 140 Å². The Balaban J connectivity index is 2.26. The second-order valence-electron chi connectivity index (χ2n) is 5.72. The maximum atomic E-state index is 12.8. The molecule has 0 unspecified atom stereocenters. The molecule has 0 amide bonds. The highest BCUT2D eigenvalue weighted by molar-refractivity contribution is 6.06. The number of carbonyl (C=O) groups excluding carboxylic acids is 1. The molecule has 2 heterocycles. The Kier molecular flexibility index (Phi) is 3.21. The van der Waals surface area contributed by atoms with E-state index in [1.165, 1.54) is 11.7 Å². The Morgan fingerprint density at radius 3 is 2.60 bits per heavy atom. The standard InChI is InChI=1S/C19H13NO5/c1-20-13-9-10(19(23)24-2)7-8-11(13)17-15(18(20)22)16(21)12-5-3-4-6-14(12)25-17/h3-9H,1-2H3. The maximum absolute atomic E-state index is 12.8. The molecule has 4 aromatic rings. The first-order valence-electron chi connectivity index (χ1n) is 7.59. The summed E-state index contributed by atoms with van der Waals surface area (Å²) >= 11 is 0. The molecule has 6 heteroatoms. The SMILES string of the molecule is COC(=O)c1ccc2c3oc4ccccc4c(=O)c3c(=O)n(C)c2c1. The monoisotopic (exact) mass is 335 g/mol. The van der Waals surface area contributed by atoms with E-state index < -0.39 is 11.5 Å². The van der Waals surface area contributed by atoms with Gasteiger partial charge in [-0.3, -0.25) is 9.59 Å². The van der Waals surface area contributed by atoms with Crippen LogP contribution in [0.5, 0.6) is 0 Å². The minimum atomic E-state index is -0.505. The maximum Gasteiger partial charge on any atom is 0.337 e. The molecule has 0 aliphatic carbocycles. The second kappa shape index (κ2) is 5.31. The molecule has 0 radical (unpaired) electrons. The number of pyridine rings is 1. The van der Waals surface area contributed by atoms with E-state index in [2.05, 4.69) is 0 Å². The van der Waals surface area contributed by atoms with Gasteiger partial charge < -0.3 is 13.7 Å². The average Bonchev–Trinajstić information content (AvgIpc) is 2.65. The molecule has 0 spiro atoms. The van der Waals surface area contributed by atoms with E-state index in [1.807, 2.05) is 0 Å². The number of esters is 1. The predicted molar refractivity (Wildman–Crippen MR) is 94.1 cm³/mol. The lowest BCUT2D eigenvalue weighted by Gasteiger charge is -2.10. The molecule has 0 fully saturated rings. The summed E-state index contributed by atoms with van der Waals surface area (Å²) in [7, 11) is 2.84. The number of methoxy groups -OCH3 is 1. The number of hydrogen-bond acceptors (Lipinski definition) is 5. The number of para-hydroxylation sites is 1. The van der Waals surface area contributed by atoms with Crippen LogP contribution in [0.25, 0.3) is 32.8 Å². The van der Waals surface area contributed by atoms with Gasteiger partial charge in [0.25, 0.3) is 5.56 Å². The van der Waals surface area contributed by atoms with Crippen molar-refractivity contribution < 1.29 is 13.9 Å². The molecule has 0 aliphatic heterocycles. The highest BCUT2D eigenvalue weighted by atomic mass is 16.5. The number of fused-ring (bicyclic) bond motifs is 4. The van der Waals surface area contributed by atoms with Gasteiger partial charge in [-0.25, -0.2) is 4.79 Å². The molecule has 6 nitrogen and oxygen atoms in total. The molecular weight excluding hydrogens is 322 g/mol. The lowest BCUT2D eigenvalue weighted by molar-refractivity contribution is 0.0601. The molecule has 2 aromatic carbocycles. The lowest BCUT2D eigenvalue weighted by atomic mass is 10.1. The molecule has 0 bridgehead atoms. The topological polar surface area (TPSA) is 78.5 Å². The number of aryl methyl sites for hydroxylation is 1. The molecule has 0 atom stereocenters. The van der Waals surface area contributed by atoms with Crippen LogP contribution in [-0.2, 0) is 11.8 Å². The van der Waals surface area contributed by atoms with Crippen molar-refractivity contribution >= 4 is 38.8 Å². The zero-order chi connectivity index (χ0) is 17.7. The van der Waals surface area contributed by atoms with Crippen LogP contribution in [0.15, 0.2) is 56.5 Å². The number of rotatable bonds is 1. The fraction of sp³-hybridized carbons (Fsp3) is 0.105. The van der Waals surface area contributed by atoms with Gasteiger partial charge in [-0.2, -0.15) is 0 Å². The molecule has 0 aliphatic rings. The molecule has 0 N–H and O–H groups in total. The minimum absolute atomic E-state index is 0.000446. The highest BCUT2D eigenvalue weighted by Crippen LogP contribution is 2.25. The van der Waals surface area contributed by atoms with Crippen molar-refractivity contribution in [3.05, 3.63) is 68.6 Å².